The number of guanidine groups is 1. The van der Waals surface area contributed by atoms with Gasteiger partial charge in [-0.3, -0.25) is 4.99 Å². The van der Waals surface area contributed by atoms with Crippen LogP contribution < -0.4 is 11.1 Å². The third-order valence-corrected chi connectivity index (χ3v) is 5.70. The average molecular weight is 474 g/mol. The number of hydrogen-bond donors (Lipinski definition) is 2. The van der Waals surface area contributed by atoms with Gasteiger partial charge >= 0.3 is 0 Å². The van der Waals surface area contributed by atoms with Crippen molar-refractivity contribution in [2.45, 2.75) is 58.3 Å². The minimum absolute atomic E-state index is 0. The first kappa shape index (κ1) is 23.9. The van der Waals surface area contributed by atoms with Gasteiger partial charge in [0.25, 0.3) is 0 Å². The number of sulfonamides is 1. The van der Waals surface area contributed by atoms with Gasteiger partial charge in [-0.05, 0) is 25.2 Å². The van der Waals surface area contributed by atoms with E-state index >= 15 is 0 Å². The van der Waals surface area contributed by atoms with E-state index in [2.05, 4.69) is 17.2 Å². The van der Waals surface area contributed by atoms with Crippen molar-refractivity contribution in [3.8, 4) is 0 Å². The molecule has 0 atom stereocenters. The Kier molecular flexibility index (Phi) is 13.1. The fourth-order valence-electron chi connectivity index (χ4n) is 2.83. The number of rotatable bonds is 10. The molecule has 8 heteroatoms. The number of hydrogen-bond acceptors (Lipinski definition) is 3. The Balaban J connectivity index is 0.00000529. The summed E-state index contributed by atoms with van der Waals surface area (Å²) in [6.45, 7) is 5.00. The molecule has 1 fully saturated rings. The molecule has 0 aromatic carbocycles. The highest BCUT2D eigenvalue weighted by molar-refractivity contribution is 14.0. The fraction of sp³-hybridized carbons (Fsp3) is 0.938. The molecule has 0 unspecified atom stereocenters. The van der Waals surface area contributed by atoms with Crippen LogP contribution in [0.1, 0.15) is 58.3 Å². The Morgan fingerprint density at radius 1 is 1.17 bits per heavy atom. The molecule has 0 saturated carbocycles. The lowest BCUT2D eigenvalue weighted by Crippen LogP contribution is -2.39. The summed E-state index contributed by atoms with van der Waals surface area (Å²) < 4.78 is 24.5. The smallest absolute Gasteiger partial charge is 0.211 e. The largest absolute Gasteiger partial charge is 0.370 e. The summed E-state index contributed by atoms with van der Waals surface area (Å²) in [5.74, 6) is 0.950. The number of nitrogens with two attached hydrogens (primary N) is 1. The van der Waals surface area contributed by atoms with E-state index < -0.39 is 10.0 Å². The van der Waals surface area contributed by atoms with Crippen LogP contribution in [0.4, 0.5) is 0 Å². The van der Waals surface area contributed by atoms with E-state index in [9.17, 15) is 8.42 Å². The summed E-state index contributed by atoms with van der Waals surface area (Å²) in [4.78, 5) is 4.40. The lowest BCUT2D eigenvalue weighted by atomic mass is 9.98. The first-order chi connectivity index (χ1) is 10.9. The minimum Gasteiger partial charge on any atom is -0.370 e. The topological polar surface area (TPSA) is 87.8 Å². The van der Waals surface area contributed by atoms with Crippen LogP contribution in [0, 0.1) is 5.92 Å². The van der Waals surface area contributed by atoms with E-state index in [1.54, 1.807) is 4.31 Å². The summed E-state index contributed by atoms with van der Waals surface area (Å²) in [5, 5.41) is 3.17. The standard InChI is InChI=1S/C16H34N4O2S.HI/c1-3-4-5-6-7-8-11-18-16(17)19-14-15-9-12-20(13-10-15)23(2,21)22;/h15H,3-14H2,1-2H3,(H3,17,18,19);1H. The van der Waals surface area contributed by atoms with Gasteiger partial charge in [0.05, 0.1) is 6.26 Å². The quantitative estimate of drug-likeness (QED) is 0.221. The molecule has 144 valence electrons. The van der Waals surface area contributed by atoms with Crippen LogP contribution in [-0.4, -0.2) is 51.1 Å². The first-order valence-corrected chi connectivity index (χ1v) is 10.8. The number of piperidine rings is 1. The van der Waals surface area contributed by atoms with Gasteiger partial charge in [0.2, 0.25) is 10.0 Å². The summed E-state index contributed by atoms with van der Waals surface area (Å²) in [6, 6.07) is 0. The number of nitrogens with one attached hydrogen (secondary N) is 1. The maximum Gasteiger partial charge on any atom is 0.211 e. The van der Waals surface area contributed by atoms with E-state index in [4.69, 9.17) is 5.73 Å². The third-order valence-electron chi connectivity index (χ3n) is 4.40. The van der Waals surface area contributed by atoms with E-state index in [0.29, 0.717) is 31.5 Å². The van der Waals surface area contributed by atoms with Gasteiger partial charge < -0.3 is 11.1 Å². The summed E-state index contributed by atoms with van der Waals surface area (Å²) >= 11 is 0. The van der Waals surface area contributed by atoms with Crippen LogP contribution in [0.15, 0.2) is 4.99 Å². The molecule has 24 heavy (non-hydrogen) atoms. The van der Waals surface area contributed by atoms with Crippen LogP contribution in [0.3, 0.4) is 0 Å². The van der Waals surface area contributed by atoms with Gasteiger partial charge in [-0.2, -0.15) is 0 Å². The molecule has 0 amide bonds. The van der Waals surface area contributed by atoms with Crippen LogP contribution in [0.2, 0.25) is 0 Å². The predicted octanol–water partition coefficient (Wildman–Crippen LogP) is 2.54. The summed E-state index contributed by atoms with van der Waals surface area (Å²) in [6.07, 6.45) is 10.6. The van der Waals surface area contributed by atoms with Crippen molar-refractivity contribution >= 4 is 40.0 Å². The molecule has 6 nitrogen and oxygen atoms in total. The second kappa shape index (κ2) is 13.2. The molecule has 1 rings (SSSR count). The molecule has 1 aliphatic rings. The van der Waals surface area contributed by atoms with Gasteiger partial charge in [0.1, 0.15) is 0 Å². The van der Waals surface area contributed by atoms with Crippen LogP contribution in [0.5, 0.6) is 0 Å². The maximum atomic E-state index is 11.5. The van der Waals surface area contributed by atoms with Crippen molar-refractivity contribution < 1.29 is 8.42 Å². The van der Waals surface area contributed by atoms with E-state index in [1.165, 1.54) is 38.4 Å². The molecule has 0 aliphatic carbocycles. The van der Waals surface area contributed by atoms with Gasteiger partial charge in [0.15, 0.2) is 5.96 Å². The Labute approximate surface area is 165 Å². The highest BCUT2D eigenvalue weighted by Gasteiger charge is 2.24. The first-order valence-electron chi connectivity index (χ1n) is 8.92. The van der Waals surface area contributed by atoms with Crippen molar-refractivity contribution in [3.63, 3.8) is 0 Å². The maximum absolute atomic E-state index is 11.5. The molecule has 0 radical (unpaired) electrons. The Hall–Kier alpha value is -0.0900. The summed E-state index contributed by atoms with van der Waals surface area (Å²) in [7, 11) is -3.04. The van der Waals surface area contributed by atoms with Gasteiger partial charge in [0, 0.05) is 26.2 Å². The highest BCUT2D eigenvalue weighted by atomic mass is 127. The van der Waals surface area contributed by atoms with Crippen LogP contribution >= 0.6 is 24.0 Å². The molecule has 0 bridgehead atoms. The number of aliphatic imine (C=N–C) groups is 1. The second-order valence-corrected chi connectivity index (χ2v) is 8.51. The number of unbranched alkanes of at least 4 members (excludes halogenated alkanes) is 5. The van der Waals surface area contributed by atoms with E-state index in [0.717, 1.165) is 25.8 Å². The Bertz CT molecular complexity index is 449. The fourth-order valence-corrected chi connectivity index (χ4v) is 3.70. The van der Waals surface area contributed by atoms with Crippen molar-refractivity contribution in [3.05, 3.63) is 0 Å². The van der Waals surface area contributed by atoms with E-state index in [1.807, 2.05) is 0 Å². The van der Waals surface area contributed by atoms with Crippen molar-refractivity contribution in [1.82, 2.24) is 9.62 Å². The molecule has 3 N–H and O–H groups in total. The van der Waals surface area contributed by atoms with Gasteiger partial charge in [-0.15, -0.1) is 24.0 Å². The van der Waals surface area contributed by atoms with Crippen molar-refractivity contribution in [2.75, 3.05) is 32.4 Å². The molecule has 0 spiro atoms. The molecular weight excluding hydrogens is 439 g/mol. The molecule has 0 aromatic heterocycles. The zero-order chi connectivity index (χ0) is 17.1. The van der Waals surface area contributed by atoms with Gasteiger partial charge in [-0.1, -0.05) is 39.0 Å². The molecule has 1 heterocycles. The normalized spacial score (nSPS) is 17.5. The minimum atomic E-state index is -3.04. The zero-order valence-corrected chi connectivity index (χ0v) is 18.3. The highest BCUT2D eigenvalue weighted by Crippen LogP contribution is 2.19. The predicted molar refractivity (Wildman–Crippen MR) is 112 cm³/mol. The lowest BCUT2D eigenvalue weighted by molar-refractivity contribution is 0.280. The van der Waals surface area contributed by atoms with E-state index in [-0.39, 0.29) is 24.0 Å². The van der Waals surface area contributed by atoms with Crippen molar-refractivity contribution in [1.29, 1.82) is 0 Å². The molecule has 1 saturated heterocycles. The number of halogens is 1. The molecular formula is C16H35IN4O2S. The summed E-state index contributed by atoms with van der Waals surface area (Å²) in [5.41, 5.74) is 5.88. The zero-order valence-electron chi connectivity index (χ0n) is 15.2. The lowest BCUT2D eigenvalue weighted by Gasteiger charge is -2.29. The van der Waals surface area contributed by atoms with Crippen LogP contribution in [0.25, 0.3) is 0 Å². The Morgan fingerprint density at radius 3 is 2.33 bits per heavy atom. The number of nitrogens with zero attached hydrogens (tertiary/aromatic N) is 2. The van der Waals surface area contributed by atoms with Crippen LogP contribution in [-0.2, 0) is 10.0 Å². The molecule has 1 aliphatic heterocycles. The van der Waals surface area contributed by atoms with Crippen molar-refractivity contribution in [2.24, 2.45) is 16.6 Å². The third kappa shape index (κ3) is 10.7. The SMILES string of the molecule is CCCCCCCCNC(N)=NCC1CCN(S(C)(=O)=O)CC1.I. The van der Waals surface area contributed by atoms with Gasteiger partial charge in [-0.25, -0.2) is 12.7 Å². The average Bonchev–Trinajstić information content (AvgIpc) is 2.51. The second-order valence-electron chi connectivity index (χ2n) is 6.53. The molecule has 0 aromatic rings. The monoisotopic (exact) mass is 474 g/mol. The Morgan fingerprint density at radius 2 is 1.75 bits per heavy atom.